The summed E-state index contributed by atoms with van der Waals surface area (Å²) >= 11 is 2.15. The van der Waals surface area contributed by atoms with E-state index in [9.17, 15) is 9.59 Å². The molecule has 0 unspecified atom stereocenters. The van der Waals surface area contributed by atoms with E-state index in [4.69, 9.17) is 9.47 Å². The number of rotatable bonds is 3. The molecular weight excluding hydrogens is 397 g/mol. The second-order valence-electron chi connectivity index (χ2n) is 6.25. The molecule has 1 heterocycles. The Balaban J connectivity index is 1.97. The Morgan fingerprint density at radius 1 is 1.41 bits per heavy atom. The second kappa shape index (κ2) is 6.85. The summed E-state index contributed by atoms with van der Waals surface area (Å²) in [5.41, 5.74) is 0.0271. The van der Waals surface area contributed by atoms with Crippen LogP contribution >= 0.6 is 22.6 Å². The van der Waals surface area contributed by atoms with Crippen molar-refractivity contribution in [2.45, 2.75) is 38.9 Å². The van der Waals surface area contributed by atoms with Crippen LogP contribution in [0.15, 0.2) is 18.2 Å². The SMILES string of the molecule is CC(C)(C)OC(=O)N1CC[C@H](Oc2ccc(I)cc2C=O)C1. The Hall–Kier alpha value is -1.31. The first-order valence-corrected chi connectivity index (χ1v) is 8.25. The Morgan fingerprint density at radius 3 is 2.77 bits per heavy atom. The van der Waals surface area contributed by atoms with Gasteiger partial charge in [0.05, 0.1) is 12.1 Å². The van der Waals surface area contributed by atoms with Gasteiger partial charge in [0, 0.05) is 16.5 Å². The number of nitrogens with zero attached hydrogens (tertiary/aromatic N) is 1. The number of hydrogen-bond acceptors (Lipinski definition) is 4. The maximum Gasteiger partial charge on any atom is 0.410 e. The first-order valence-electron chi connectivity index (χ1n) is 7.18. The van der Waals surface area contributed by atoms with E-state index < -0.39 is 5.60 Å². The Morgan fingerprint density at radius 2 is 2.14 bits per heavy atom. The number of hydrogen-bond donors (Lipinski definition) is 0. The number of carbonyl (C=O) groups excluding carboxylic acids is 2. The van der Waals surface area contributed by atoms with Gasteiger partial charge in [-0.1, -0.05) is 0 Å². The number of likely N-dealkylation sites (tertiary alicyclic amines) is 1. The fraction of sp³-hybridized carbons (Fsp3) is 0.500. The predicted octanol–water partition coefficient (Wildman–Crippen LogP) is 3.49. The molecule has 1 atom stereocenters. The summed E-state index contributed by atoms with van der Waals surface area (Å²) in [5.74, 6) is 0.562. The molecule has 2 rings (SSSR count). The van der Waals surface area contributed by atoms with Gasteiger partial charge in [0.25, 0.3) is 0 Å². The predicted molar refractivity (Wildman–Crippen MR) is 91.4 cm³/mol. The highest BCUT2D eigenvalue weighted by molar-refractivity contribution is 14.1. The van der Waals surface area contributed by atoms with Crippen molar-refractivity contribution in [2.24, 2.45) is 0 Å². The van der Waals surface area contributed by atoms with Gasteiger partial charge in [-0.05, 0) is 61.6 Å². The van der Waals surface area contributed by atoms with Crippen molar-refractivity contribution in [3.05, 3.63) is 27.3 Å². The highest BCUT2D eigenvalue weighted by atomic mass is 127. The average molecular weight is 417 g/mol. The zero-order chi connectivity index (χ0) is 16.3. The van der Waals surface area contributed by atoms with E-state index in [1.165, 1.54) is 0 Å². The topological polar surface area (TPSA) is 55.8 Å². The van der Waals surface area contributed by atoms with Crippen molar-refractivity contribution >= 4 is 35.0 Å². The third-order valence-corrected chi connectivity index (χ3v) is 3.86. The van der Waals surface area contributed by atoms with Gasteiger partial charge in [0.1, 0.15) is 17.5 Å². The van der Waals surface area contributed by atoms with Crippen LogP contribution in [0.5, 0.6) is 5.75 Å². The fourth-order valence-corrected chi connectivity index (χ4v) is 2.73. The average Bonchev–Trinajstić information content (AvgIpc) is 2.87. The Kier molecular flexibility index (Phi) is 5.31. The van der Waals surface area contributed by atoms with Gasteiger partial charge in [-0.25, -0.2) is 4.79 Å². The van der Waals surface area contributed by atoms with Gasteiger partial charge in [-0.2, -0.15) is 0 Å². The summed E-state index contributed by atoms with van der Waals surface area (Å²) in [7, 11) is 0. The number of aldehydes is 1. The summed E-state index contributed by atoms with van der Waals surface area (Å²) in [6.07, 6.45) is 1.07. The number of carbonyl (C=O) groups is 2. The van der Waals surface area contributed by atoms with E-state index in [2.05, 4.69) is 22.6 Å². The van der Waals surface area contributed by atoms with E-state index >= 15 is 0 Å². The maximum absolute atomic E-state index is 12.0. The normalized spacial score (nSPS) is 18.2. The molecule has 1 fully saturated rings. The third-order valence-electron chi connectivity index (χ3n) is 3.19. The molecule has 6 heteroatoms. The van der Waals surface area contributed by atoms with Gasteiger partial charge < -0.3 is 14.4 Å². The van der Waals surface area contributed by atoms with Crippen LogP contribution in [0.4, 0.5) is 4.79 Å². The van der Waals surface area contributed by atoms with Gasteiger partial charge in [0.2, 0.25) is 0 Å². The van der Waals surface area contributed by atoms with Gasteiger partial charge in [-0.3, -0.25) is 4.79 Å². The lowest BCUT2D eigenvalue weighted by Crippen LogP contribution is -2.36. The van der Waals surface area contributed by atoms with E-state index in [-0.39, 0.29) is 12.2 Å². The molecular formula is C16H20INO4. The lowest BCUT2D eigenvalue weighted by molar-refractivity contribution is 0.0275. The van der Waals surface area contributed by atoms with Crippen molar-refractivity contribution in [3.8, 4) is 5.75 Å². The molecule has 1 aliphatic rings. The Bertz CT molecular complexity index is 568. The summed E-state index contributed by atoms with van der Waals surface area (Å²) in [4.78, 5) is 24.8. The number of halogens is 1. The van der Waals surface area contributed by atoms with Crippen molar-refractivity contribution in [3.63, 3.8) is 0 Å². The minimum atomic E-state index is -0.503. The highest BCUT2D eigenvalue weighted by Gasteiger charge is 2.31. The van der Waals surface area contributed by atoms with Crippen LogP contribution in [0.1, 0.15) is 37.6 Å². The lowest BCUT2D eigenvalue weighted by atomic mass is 10.2. The largest absolute Gasteiger partial charge is 0.488 e. The molecule has 1 aromatic rings. The maximum atomic E-state index is 12.0. The highest BCUT2D eigenvalue weighted by Crippen LogP contribution is 2.24. The van der Waals surface area contributed by atoms with Crippen molar-refractivity contribution in [2.75, 3.05) is 13.1 Å². The molecule has 0 radical (unpaired) electrons. The zero-order valence-corrected chi connectivity index (χ0v) is 15.1. The molecule has 0 N–H and O–H groups in total. The first-order chi connectivity index (χ1) is 10.3. The first kappa shape index (κ1) is 17.1. The van der Waals surface area contributed by atoms with Crippen molar-refractivity contribution in [1.82, 2.24) is 4.90 Å². The summed E-state index contributed by atoms with van der Waals surface area (Å²) in [5, 5.41) is 0. The standard InChI is InChI=1S/C16H20INO4/c1-16(2,3)22-15(20)18-7-6-13(9-18)21-14-5-4-12(17)8-11(14)10-19/h4-5,8,10,13H,6-7,9H2,1-3H3/t13-/m0/s1. The zero-order valence-electron chi connectivity index (χ0n) is 13.0. The van der Waals surface area contributed by atoms with E-state index in [1.807, 2.05) is 26.8 Å². The monoisotopic (exact) mass is 417 g/mol. The van der Waals surface area contributed by atoms with Crippen LogP contribution in [0.25, 0.3) is 0 Å². The molecule has 120 valence electrons. The molecule has 1 amide bonds. The molecule has 0 aliphatic carbocycles. The van der Waals surface area contributed by atoms with E-state index in [1.54, 1.807) is 17.0 Å². The smallest absolute Gasteiger partial charge is 0.410 e. The van der Waals surface area contributed by atoms with Gasteiger partial charge in [0.15, 0.2) is 6.29 Å². The minimum Gasteiger partial charge on any atom is -0.488 e. The summed E-state index contributed by atoms with van der Waals surface area (Å²) in [6.45, 7) is 6.60. The summed E-state index contributed by atoms with van der Waals surface area (Å²) < 4.78 is 12.2. The van der Waals surface area contributed by atoms with Crippen LogP contribution in [0.3, 0.4) is 0 Å². The molecule has 1 aliphatic heterocycles. The quantitative estimate of drug-likeness (QED) is 0.558. The molecule has 1 saturated heterocycles. The molecule has 22 heavy (non-hydrogen) atoms. The summed E-state index contributed by atoms with van der Waals surface area (Å²) in [6, 6.07) is 5.47. The third kappa shape index (κ3) is 4.59. The Labute approximate surface area is 144 Å². The van der Waals surface area contributed by atoms with E-state index in [0.717, 1.165) is 16.3 Å². The van der Waals surface area contributed by atoms with Crippen molar-refractivity contribution in [1.29, 1.82) is 0 Å². The molecule has 0 aromatic heterocycles. The molecule has 0 spiro atoms. The number of amides is 1. The molecule has 5 nitrogen and oxygen atoms in total. The minimum absolute atomic E-state index is 0.119. The lowest BCUT2D eigenvalue weighted by Gasteiger charge is -2.24. The van der Waals surface area contributed by atoms with Crippen LogP contribution in [0, 0.1) is 3.57 Å². The second-order valence-corrected chi connectivity index (χ2v) is 7.50. The van der Waals surface area contributed by atoms with E-state index in [0.29, 0.717) is 24.4 Å². The molecule has 0 bridgehead atoms. The molecule has 0 saturated carbocycles. The van der Waals surface area contributed by atoms with Crippen LogP contribution in [-0.4, -0.2) is 42.1 Å². The number of ether oxygens (including phenoxy) is 2. The fourth-order valence-electron chi connectivity index (χ4n) is 2.22. The van der Waals surface area contributed by atoms with Crippen LogP contribution in [0.2, 0.25) is 0 Å². The van der Waals surface area contributed by atoms with Gasteiger partial charge in [-0.15, -0.1) is 0 Å². The van der Waals surface area contributed by atoms with Gasteiger partial charge >= 0.3 is 6.09 Å². The number of benzene rings is 1. The van der Waals surface area contributed by atoms with Crippen molar-refractivity contribution < 1.29 is 19.1 Å². The molecule has 1 aromatic carbocycles. The van der Waals surface area contributed by atoms with Crippen LogP contribution in [-0.2, 0) is 4.74 Å². The van der Waals surface area contributed by atoms with Crippen LogP contribution < -0.4 is 4.74 Å².